The predicted molar refractivity (Wildman–Crippen MR) is 82.6 cm³/mol. The van der Waals surface area contributed by atoms with Gasteiger partial charge in [0.25, 0.3) is 5.91 Å². The molecule has 0 aliphatic heterocycles. The number of methoxy groups -OCH3 is 1. The van der Waals surface area contributed by atoms with Gasteiger partial charge in [-0.2, -0.15) is 0 Å². The number of carbonyl (C=O) groups is 1. The fourth-order valence-electron chi connectivity index (χ4n) is 2.96. The summed E-state index contributed by atoms with van der Waals surface area (Å²) in [5, 5.41) is 4.00. The molecule has 110 valence electrons. The molecular formula is C17H20N2O2. The van der Waals surface area contributed by atoms with E-state index in [2.05, 4.69) is 10.3 Å². The molecule has 1 aromatic heterocycles. The van der Waals surface area contributed by atoms with Crippen LogP contribution >= 0.6 is 0 Å². The minimum Gasteiger partial charge on any atom is -0.497 e. The largest absolute Gasteiger partial charge is 0.497 e. The van der Waals surface area contributed by atoms with Gasteiger partial charge in [-0.1, -0.05) is 19.3 Å². The van der Waals surface area contributed by atoms with E-state index in [1.165, 1.54) is 19.3 Å². The van der Waals surface area contributed by atoms with Crippen molar-refractivity contribution in [3.8, 4) is 5.75 Å². The molecule has 2 aromatic rings. The maximum Gasteiger partial charge on any atom is 0.252 e. The van der Waals surface area contributed by atoms with Gasteiger partial charge in [0.15, 0.2) is 0 Å². The lowest BCUT2D eigenvalue weighted by Gasteiger charge is -2.23. The number of nitrogens with one attached hydrogen (secondary N) is 1. The van der Waals surface area contributed by atoms with Gasteiger partial charge >= 0.3 is 0 Å². The number of nitrogens with zero attached hydrogens (tertiary/aromatic N) is 1. The van der Waals surface area contributed by atoms with Crippen LogP contribution in [-0.2, 0) is 0 Å². The molecule has 0 spiro atoms. The van der Waals surface area contributed by atoms with Gasteiger partial charge in [-0.05, 0) is 37.1 Å². The van der Waals surface area contributed by atoms with E-state index in [1.807, 2.05) is 18.2 Å². The van der Waals surface area contributed by atoms with Crippen molar-refractivity contribution in [3.05, 3.63) is 36.0 Å². The number of ether oxygens (including phenoxy) is 1. The number of aromatic nitrogens is 1. The summed E-state index contributed by atoms with van der Waals surface area (Å²) in [5.41, 5.74) is 1.48. The second-order valence-electron chi connectivity index (χ2n) is 5.55. The molecule has 0 atom stereocenters. The van der Waals surface area contributed by atoms with E-state index in [0.717, 1.165) is 29.5 Å². The molecule has 1 aromatic carbocycles. The molecule has 1 fully saturated rings. The van der Waals surface area contributed by atoms with Crippen LogP contribution in [0.5, 0.6) is 5.75 Å². The summed E-state index contributed by atoms with van der Waals surface area (Å²) < 4.78 is 5.25. The summed E-state index contributed by atoms with van der Waals surface area (Å²) in [6.45, 7) is 0. The van der Waals surface area contributed by atoms with Crippen LogP contribution in [-0.4, -0.2) is 24.0 Å². The van der Waals surface area contributed by atoms with Gasteiger partial charge in [-0.3, -0.25) is 9.78 Å². The molecule has 1 N–H and O–H groups in total. The van der Waals surface area contributed by atoms with E-state index in [-0.39, 0.29) is 5.91 Å². The van der Waals surface area contributed by atoms with E-state index < -0.39 is 0 Å². The van der Waals surface area contributed by atoms with Crippen molar-refractivity contribution in [2.75, 3.05) is 7.11 Å². The number of benzene rings is 1. The van der Waals surface area contributed by atoms with Gasteiger partial charge in [0.05, 0.1) is 18.2 Å². The second kappa shape index (κ2) is 6.12. The lowest BCUT2D eigenvalue weighted by atomic mass is 9.95. The van der Waals surface area contributed by atoms with Crippen LogP contribution in [0.3, 0.4) is 0 Å². The minimum atomic E-state index is -0.0115. The first-order chi connectivity index (χ1) is 10.3. The van der Waals surface area contributed by atoms with Gasteiger partial charge in [0, 0.05) is 17.6 Å². The Balaban J connectivity index is 1.89. The Morgan fingerprint density at radius 3 is 2.81 bits per heavy atom. The summed E-state index contributed by atoms with van der Waals surface area (Å²) in [6.07, 6.45) is 7.54. The Morgan fingerprint density at radius 1 is 1.24 bits per heavy atom. The first kappa shape index (κ1) is 13.9. The molecule has 1 saturated carbocycles. The zero-order chi connectivity index (χ0) is 14.7. The van der Waals surface area contributed by atoms with Crippen molar-refractivity contribution in [1.29, 1.82) is 0 Å². The summed E-state index contributed by atoms with van der Waals surface area (Å²) >= 11 is 0. The maximum absolute atomic E-state index is 12.5. The second-order valence-corrected chi connectivity index (χ2v) is 5.55. The smallest absolute Gasteiger partial charge is 0.252 e. The van der Waals surface area contributed by atoms with Crippen molar-refractivity contribution in [3.63, 3.8) is 0 Å². The third-order valence-corrected chi connectivity index (χ3v) is 4.13. The summed E-state index contributed by atoms with van der Waals surface area (Å²) in [5.74, 6) is 0.727. The Morgan fingerprint density at radius 2 is 2.05 bits per heavy atom. The third-order valence-electron chi connectivity index (χ3n) is 4.13. The molecule has 1 amide bonds. The normalized spacial score (nSPS) is 15.9. The first-order valence-corrected chi connectivity index (χ1v) is 7.51. The van der Waals surface area contributed by atoms with Crippen molar-refractivity contribution in [1.82, 2.24) is 10.3 Å². The third kappa shape index (κ3) is 2.99. The molecule has 0 radical (unpaired) electrons. The number of pyridine rings is 1. The van der Waals surface area contributed by atoms with Gasteiger partial charge in [-0.25, -0.2) is 0 Å². The molecule has 4 nitrogen and oxygen atoms in total. The van der Waals surface area contributed by atoms with Crippen molar-refractivity contribution < 1.29 is 9.53 Å². The Labute approximate surface area is 124 Å². The fraction of sp³-hybridized carbons (Fsp3) is 0.412. The molecule has 1 aliphatic rings. The highest BCUT2D eigenvalue weighted by atomic mass is 16.5. The van der Waals surface area contributed by atoms with Gasteiger partial charge in [0.2, 0.25) is 0 Å². The number of hydrogen-bond acceptors (Lipinski definition) is 3. The molecule has 4 heteroatoms. The van der Waals surface area contributed by atoms with Crippen LogP contribution in [0.2, 0.25) is 0 Å². The topological polar surface area (TPSA) is 51.2 Å². The van der Waals surface area contributed by atoms with E-state index in [0.29, 0.717) is 11.6 Å². The monoisotopic (exact) mass is 284 g/mol. The first-order valence-electron chi connectivity index (χ1n) is 7.51. The molecule has 0 saturated heterocycles. The van der Waals surface area contributed by atoms with Crippen molar-refractivity contribution in [2.45, 2.75) is 38.1 Å². The lowest BCUT2D eigenvalue weighted by molar-refractivity contribution is 0.0929. The average molecular weight is 284 g/mol. The number of fused-ring (bicyclic) bond motifs is 1. The van der Waals surface area contributed by atoms with E-state index in [9.17, 15) is 4.79 Å². The summed E-state index contributed by atoms with van der Waals surface area (Å²) in [7, 11) is 1.62. The van der Waals surface area contributed by atoms with Gasteiger partial charge < -0.3 is 10.1 Å². The SMILES string of the molecule is COc1ccc2nccc(C(=O)NC3CCCCC3)c2c1. The van der Waals surface area contributed by atoms with Crippen LogP contribution in [0, 0.1) is 0 Å². The highest BCUT2D eigenvalue weighted by molar-refractivity contribution is 6.06. The Bertz CT molecular complexity index is 648. The summed E-state index contributed by atoms with van der Waals surface area (Å²) in [4.78, 5) is 16.9. The van der Waals surface area contributed by atoms with Crippen LogP contribution in [0.1, 0.15) is 42.5 Å². The lowest BCUT2D eigenvalue weighted by Crippen LogP contribution is -2.36. The molecule has 1 aliphatic carbocycles. The quantitative estimate of drug-likeness (QED) is 0.940. The molecule has 0 bridgehead atoms. The van der Waals surface area contributed by atoms with Crippen LogP contribution < -0.4 is 10.1 Å². The van der Waals surface area contributed by atoms with E-state index in [4.69, 9.17) is 4.74 Å². The number of carbonyl (C=O) groups excluding carboxylic acids is 1. The summed E-state index contributed by atoms with van der Waals surface area (Å²) in [6, 6.07) is 7.70. The molecule has 0 unspecified atom stereocenters. The average Bonchev–Trinajstić information content (AvgIpc) is 2.54. The minimum absolute atomic E-state index is 0.0115. The molecular weight excluding hydrogens is 264 g/mol. The zero-order valence-corrected chi connectivity index (χ0v) is 12.3. The predicted octanol–water partition coefficient (Wildman–Crippen LogP) is 3.31. The Kier molecular flexibility index (Phi) is 4.04. The number of rotatable bonds is 3. The highest BCUT2D eigenvalue weighted by Gasteiger charge is 2.18. The number of hydrogen-bond donors (Lipinski definition) is 1. The molecule has 3 rings (SSSR count). The van der Waals surface area contributed by atoms with Crippen molar-refractivity contribution >= 4 is 16.8 Å². The fourth-order valence-corrected chi connectivity index (χ4v) is 2.96. The van der Waals surface area contributed by atoms with Crippen LogP contribution in [0.15, 0.2) is 30.5 Å². The number of amides is 1. The molecule has 21 heavy (non-hydrogen) atoms. The Hall–Kier alpha value is -2.10. The van der Waals surface area contributed by atoms with Crippen LogP contribution in [0.25, 0.3) is 10.9 Å². The van der Waals surface area contributed by atoms with Crippen LogP contribution in [0.4, 0.5) is 0 Å². The highest BCUT2D eigenvalue weighted by Crippen LogP contribution is 2.23. The van der Waals surface area contributed by atoms with Gasteiger partial charge in [-0.15, -0.1) is 0 Å². The molecule has 1 heterocycles. The van der Waals surface area contributed by atoms with Gasteiger partial charge in [0.1, 0.15) is 5.75 Å². The zero-order valence-electron chi connectivity index (χ0n) is 12.3. The maximum atomic E-state index is 12.5. The van der Waals surface area contributed by atoms with Crippen molar-refractivity contribution in [2.24, 2.45) is 0 Å². The standard InChI is InChI=1S/C17H20N2O2/c1-21-13-7-8-16-15(11-13)14(9-10-18-16)17(20)19-12-5-3-2-4-6-12/h7-12H,2-6H2,1H3,(H,19,20). The van der Waals surface area contributed by atoms with E-state index in [1.54, 1.807) is 19.4 Å². The van der Waals surface area contributed by atoms with E-state index >= 15 is 0 Å².